The van der Waals surface area contributed by atoms with Gasteiger partial charge < -0.3 is 9.47 Å². The van der Waals surface area contributed by atoms with E-state index in [0.29, 0.717) is 0 Å². The lowest BCUT2D eigenvalue weighted by Crippen LogP contribution is -2.27. The van der Waals surface area contributed by atoms with Crippen molar-refractivity contribution in [2.24, 2.45) is 0 Å². The monoisotopic (exact) mass is 230 g/mol. The highest BCUT2D eigenvalue weighted by molar-refractivity contribution is 5.63. The largest absolute Gasteiger partial charge is 0.509 e. The molecule has 3 aliphatic rings. The Morgan fingerprint density at radius 2 is 1.71 bits per heavy atom. The fraction of sp³-hybridized carbons (Fsp3) is 0.357. The van der Waals surface area contributed by atoms with E-state index in [2.05, 4.69) is 25.2 Å². The van der Waals surface area contributed by atoms with E-state index in [1.165, 1.54) is 16.7 Å². The van der Waals surface area contributed by atoms with Crippen molar-refractivity contribution in [1.82, 2.24) is 0 Å². The molecular formula is C14H14O3. The summed E-state index contributed by atoms with van der Waals surface area (Å²) < 4.78 is 10.3. The van der Waals surface area contributed by atoms with E-state index in [1.807, 2.05) is 12.2 Å². The zero-order valence-electron chi connectivity index (χ0n) is 9.68. The Hall–Kier alpha value is -1.77. The van der Waals surface area contributed by atoms with Gasteiger partial charge in [-0.05, 0) is 18.1 Å². The number of allylic oxidation sites excluding steroid dienone is 6. The molecule has 3 heteroatoms. The Bertz CT molecular complexity index is 480. The number of ether oxygens (including phenoxy) is 2. The standard InChI is InChI=1S/C14H14O3/c1-9-4-2-3-5-10-7-12-13(8-11(10)6-9)17-14(15)16-12/h2-6,12-13H,7-8H2,1H3. The van der Waals surface area contributed by atoms with Gasteiger partial charge in [-0.2, -0.15) is 0 Å². The first-order chi connectivity index (χ1) is 8.22. The Labute approximate surface area is 100 Å². The zero-order chi connectivity index (χ0) is 11.8. The van der Waals surface area contributed by atoms with Crippen molar-refractivity contribution < 1.29 is 14.3 Å². The van der Waals surface area contributed by atoms with Crippen LogP contribution in [0.2, 0.25) is 0 Å². The maximum absolute atomic E-state index is 11.1. The molecule has 0 amide bonds. The van der Waals surface area contributed by atoms with Crippen molar-refractivity contribution in [2.45, 2.75) is 32.0 Å². The molecule has 0 radical (unpaired) electrons. The number of fused-ring (bicyclic) bond motifs is 1. The molecule has 1 fully saturated rings. The van der Waals surface area contributed by atoms with Crippen molar-refractivity contribution in [3.8, 4) is 0 Å². The van der Waals surface area contributed by atoms with Gasteiger partial charge in [-0.1, -0.05) is 36.0 Å². The summed E-state index contributed by atoms with van der Waals surface area (Å²) in [5.74, 6) is 0. The fourth-order valence-electron chi connectivity index (χ4n) is 2.50. The second kappa shape index (κ2) is 3.91. The predicted octanol–water partition coefficient (Wildman–Crippen LogP) is 3.05. The van der Waals surface area contributed by atoms with Crippen molar-refractivity contribution in [2.75, 3.05) is 0 Å². The molecule has 1 saturated heterocycles. The van der Waals surface area contributed by atoms with E-state index in [-0.39, 0.29) is 12.2 Å². The van der Waals surface area contributed by atoms with Crippen LogP contribution < -0.4 is 0 Å². The quantitative estimate of drug-likeness (QED) is 0.600. The Kier molecular flexibility index (Phi) is 2.39. The highest BCUT2D eigenvalue weighted by Gasteiger charge is 2.40. The number of hydrogen-bond acceptors (Lipinski definition) is 3. The highest BCUT2D eigenvalue weighted by atomic mass is 16.8. The molecule has 2 aliphatic carbocycles. The number of carbonyl (C=O) groups is 1. The van der Waals surface area contributed by atoms with Gasteiger partial charge >= 0.3 is 6.16 Å². The minimum absolute atomic E-state index is 0.108. The summed E-state index contributed by atoms with van der Waals surface area (Å²) in [6, 6.07) is 0. The normalized spacial score (nSPS) is 30.9. The fourth-order valence-corrected chi connectivity index (χ4v) is 2.50. The summed E-state index contributed by atoms with van der Waals surface area (Å²) in [6.07, 6.45) is 11.1. The van der Waals surface area contributed by atoms with Crippen LogP contribution in [0.4, 0.5) is 4.79 Å². The minimum atomic E-state index is -0.529. The first-order valence-electron chi connectivity index (χ1n) is 5.85. The first kappa shape index (κ1) is 10.4. The zero-order valence-corrected chi connectivity index (χ0v) is 9.68. The first-order valence-corrected chi connectivity index (χ1v) is 5.85. The van der Waals surface area contributed by atoms with Gasteiger partial charge in [-0.3, -0.25) is 0 Å². The van der Waals surface area contributed by atoms with Crippen LogP contribution >= 0.6 is 0 Å². The lowest BCUT2D eigenvalue weighted by molar-refractivity contribution is 0.116. The van der Waals surface area contributed by atoms with Gasteiger partial charge in [0.05, 0.1) is 0 Å². The molecule has 17 heavy (non-hydrogen) atoms. The van der Waals surface area contributed by atoms with Crippen molar-refractivity contribution >= 4 is 6.16 Å². The summed E-state index contributed by atoms with van der Waals surface area (Å²) in [6.45, 7) is 2.07. The van der Waals surface area contributed by atoms with Gasteiger partial charge in [-0.15, -0.1) is 0 Å². The van der Waals surface area contributed by atoms with Gasteiger partial charge in [0.1, 0.15) is 12.2 Å². The van der Waals surface area contributed by atoms with Gasteiger partial charge in [-0.25, -0.2) is 4.79 Å². The summed E-state index contributed by atoms with van der Waals surface area (Å²) in [7, 11) is 0. The third-order valence-electron chi connectivity index (χ3n) is 3.33. The van der Waals surface area contributed by atoms with E-state index in [4.69, 9.17) is 9.47 Å². The van der Waals surface area contributed by atoms with Crippen LogP contribution in [0.15, 0.2) is 47.1 Å². The molecule has 0 saturated carbocycles. The lowest BCUT2D eigenvalue weighted by atomic mass is 9.86. The number of hydrogen-bond donors (Lipinski definition) is 0. The lowest BCUT2D eigenvalue weighted by Gasteiger charge is -2.24. The average Bonchev–Trinajstić information content (AvgIpc) is 2.61. The molecule has 1 aliphatic heterocycles. The number of rotatable bonds is 0. The summed E-state index contributed by atoms with van der Waals surface area (Å²) >= 11 is 0. The molecule has 0 aromatic heterocycles. The molecule has 3 rings (SSSR count). The van der Waals surface area contributed by atoms with Crippen LogP contribution in [-0.4, -0.2) is 18.4 Å². The highest BCUT2D eigenvalue weighted by Crippen LogP contribution is 2.35. The third-order valence-corrected chi connectivity index (χ3v) is 3.33. The summed E-state index contributed by atoms with van der Waals surface area (Å²) in [4.78, 5) is 11.1. The third kappa shape index (κ3) is 1.93. The predicted molar refractivity (Wildman–Crippen MR) is 63.4 cm³/mol. The van der Waals surface area contributed by atoms with Crippen LogP contribution in [0, 0.1) is 0 Å². The Morgan fingerprint density at radius 3 is 2.47 bits per heavy atom. The Balaban J connectivity index is 1.93. The van der Waals surface area contributed by atoms with Crippen molar-refractivity contribution in [3.63, 3.8) is 0 Å². The minimum Gasteiger partial charge on any atom is -0.427 e. The van der Waals surface area contributed by atoms with Crippen LogP contribution in [0.1, 0.15) is 19.8 Å². The average molecular weight is 230 g/mol. The Morgan fingerprint density at radius 1 is 1.06 bits per heavy atom. The summed E-state index contributed by atoms with van der Waals surface area (Å²) in [5, 5.41) is 0. The molecule has 0 N–H and O–H groups in total. The molecule has 0 aromatic rings. The molecule has 0 bridgehead atoms. The molecule has 0 spiro atoms. The molecule has 0 aromatic carbocycles. The van der Waals surface area contributed by atoms with E-state index in [1.54, 1.807) is 0 Å². The topological polar surface area (TPSA) is 35.5 Å². The smallest absolute Gasteiger partial charge is 0.427 e. The van der Waals surface area contributed by atoms with Crippen LogP contribution in [-0.2, 0) is 9.47 Å². The van der Waals surface area contributed by atoms with Crippen molar-refractivity contribution in [3.05, 3.63) is 47.1 Å². The molecule has 2 atom stereocenters. The van der Waals surface area contributed by atoms with E-state index >= 15 is 0 Å². The molecule has 1 heterocycles. The molecular weight excluding hydrogens is 216 g/mol. The van der Waals surface area contributed by atoms with Crippen LogP contribution in [0.5, 0.6) is 0 Å². The van der Waals surface area contributed by atoms with E-state index < -0.39 is 6.16 Å². The van der Waals surface area contributed by atoms with Gasteiger partial charge in [0.25, 0.3) is 0 Å². The summed E-state index contributed by atoms with van der Waals surface area (Å²) in [5.41, 5.74) is 3.71. The van der Waals surface area contributed by atoms with Crippen molar-refractivity contribution in [1.29, 1.82) is 0 Å². The van der Waals surface area contributed by atoms with E-state index in [9.17, 15) is 4.79 Å². The molecule has 88 valence electrons. The number of carbonyl (C=O) groups excluding carboxylic acids is 1. The van der Waals surface area contributed by atoms with Gasteiger partial charge in [0, 0.05) is 12.8 Å². The van der Waals surface area contributed by atoms with Gasteiger partial charge in [0.15, 0.2) is 0 Å². The van der Waals surface area contributed by atoms with Crippen LogP contribution in [0.25, 0.3) is 0 Å². The maximum Gasteiger partial charge on any atom is 0.509 e. The second-order valence-electron chi connectivity index (χ2n) is 4.63. The van der Waals surface area contributed by atoms with Gasteiger partial charge in [0.2, 0.25) is 0 Å². The maximum atomic E-state index is 11.1. The molecule has 3 nitrogen and oxygen atoms in total. The SMILES string of the molecule is CC1=CC2=C(C=CC=C1)CC1OC(=O)OC1C2. The molecule has 2 unspecified atom stereocenters. The van der Waals surface area contributed by atoms with Crippen LogP contribution in [0.3, 0.4) is 0 Å². The second-order valence-corrected chi connectivity index (χ2v) is 4.63. The van der Waals surface area contributed by atoms with E-state index in [0.717, 1.165) is 12.8 Å².